The van der Waals surface area contributed by atoms with E-state index < -0.39 is 51.3 Å². The van der Waals surface area contributed by atoms with E-state index in [1.54, 1.807) is 5.32 Å². The third-order valence-corrected chi connectivity index (χ3v) is 4.29. The second kappa shape index (κ2) is 7.26. The lowest BCUT2D eigenvalue weighted by Gasteiger charge is -2.22. The summed E-state index contributed by atoms with van der Waals surface area (Å²) in [5.74, 6) is -2.82. The van der Waals surface area contributed by atoms with Crippen LogP contribution < -0.4 is 10.0 Å². The quantitative estimate of drug-likeness (QED) is 0.764. The summed E-state index contributed by atoms with van der Waals surface area (Å²) in [6.07, 6.45) is -4.62. The van der Waals surface area contributed by atoms with Gasteiger partial charge in [0.2, 0.25) is 15.9 Å². The van der Waals surface area contributed by atoms with Gasteiger partial charge in [0.15, 0.2) is 0 Å². The van der Waals surface area contributed by atoms with Crippen LogP contribution in [0.15, 0.2) is 29.2 Å². The number of hydrogen-bond acceptors (Lipinski definition) is 3. The van der Waals surface area contributed by atoms with Crippen molar-refractivity contribution in [1.29, 1.82) is 0 Å². The monoisotopic (exact) mass is 356 g/mol. The molecule has 0 bridgehead atoms. The summed E-state index contributed by atoms with van der Waals surface area (Å²) in [7, 11) is -4.40. The van der Waals surface area contributed by atoms with Gasteiger partial charge in [-0.05, 0) is 18.1 Å². The number of halogens is 4. The van der Waals surface area contributed by atoms with Crippen LogP contribution in [0.4, 0.5) is 17.6 Å². The molecule has 0 aliphatic carbocycles. The molecule has 1 rings (SSSR count). The predicted molar refractivity (Wildman–Crippen MR) is 74.4 cm³/mol. The predicted octanol–water partition coefficient (Wildman–Crippen LogP) is 1.81. The first-order valence-electron chi connectivity index (χ1n) is 6.55. The molecule has 0 aliphatic rings. The van der Waals surface area contributed by atoms with Gasteiger partial charge < -0.3 is 5.32 Å². The van der Waals surface area contributed by atoms with Gasteiger partial charge in [-0.1, -0.05) is 26.0 Å². The molecular weight excluding hydrogens is 340 g/mol. The molecular formula is C13H16F4N2O3S. The van der Waals surface area contributed by atoms with Gasteiger partial charge in [-0.15, -0.1) is 0 Å². The van der Waals surface area contributed by atoms with Gasteiger partial charge in [-0.2, -0.15) is 17.9 Å². The first-order valence-corrected chi connectivity index (χ1v) is 8.03. The highest BCUT2D eigenvalue weighted by molar-refractivity contribution is 7.89. The summed E-state index contributed by atoms with van der Waals surface area (Å²) in [5, 5.41) is 1.61. The summed E-state index contributed by atoms with van der Waals surface area (Å²) in [6, 6.07) is 3.00. The van der Waals surface area contributed by atoms with E-state index in [1.807, 2.05) is 4.72 Å². The molecule has 0 fully saturated rings. The van der Waals surface area contributed by atoms with Crippen molar-refractivity contribution in [3.8, 4) is 0 Å². The lowest BCUT2D eigenvalue weighted by Crippen LogP contribution is -2.51. The highest BCUT2D eigenvalue weighted by atomic mass is 32.2. The number of carbonyl (C=O) groups excluding carboxylic acids is 1. The normalized spacial score (nSPS) is 13.9. The fourth-order valence-electron chi connectivity index (χ4n) is 1.68. The van der Waals surface area contributed by atoms with E-state index in [4.69, 9.17) is 0 Å². The summed E-state index contributed by atoms with van der Waals surface area (Å²) >= 11 is 0. The number of sulfonamides is 1. The number of benzene rings is 1. The highest BCUT2D eigenvalue weighted by Crippen LogP contribution is 2.16. The molecule has 10 heteroatoms. The highest BCUT2D eigenvalue weighted by Gasteiger charge is 2.33. The fourth-order valence-corrected chi connectivity index (χ4v) is 3.11. The van der Waals surface area contributed by atoms with Gasteiger partial charge in [0.25, 0.3) is 0 Å². The minimum absolute atomic E-state index is 0.648. The Kier molecular flexibility index (Phi) is 6.11. The van der Waals surface area contributed by atoms with Gasteiger partial charge in [0, 0.05) is 0 Å². The van der Waals surface area contributed by atoms with Crippen LogP contribution >= 0.6 is 0 Å². The van der Waals surface area contributed by atoms with E-state index in [0.717, 1.165) is 12.1 Å². The van der Waals surface area contributed by atoms with Crippen molar-refractivity contribution < 1.29 is 30.8 Å². The lowest BCUT2D eigenvalue weighted by molar-refractivity contribution is -0.139. The van der Waals surface area contributed by atoms with Gasteiger partial charge >= 0.3 is 6.18 Å². The summed E-state index contributed by atoms with van der Waals surface area (Å²) < 4.78 is 76.2. The van der Waals surface area contributed by atoms with Crippen LogP contribution in [0.2, 0.25) is 0 Å². The SMILES string of the molecule is CC(C)[C@H](NS(=O)(=O)c1ccccc1F)C(=O)NCC(F)(F)F. The molecule has 0 radical (unpaired) electrons. The third-order valence-electron chi connectivity index (χ3n) is 2.82. The van der Waals surface area contributed by atoms with E-state index >= 15 is 0 Å². The number of rotatable bonds is 6. The molecule has 5 nitrogen and oxygen atoms in total. The summed E-state index contributed by atoms with van der Waals surface area (Å²) in [5.41, 5.74) is 0. The molecule has 130 valence electrons. The van der Waals surface area contributed by atoms with Crippen molar-refractivity contribution in [2.24, 2.45) is 5.92 Å². The van der Waals surface area contributed by atoms with E-state index in [1.165, 1.54) is 26.0 Å². The molecule has 1 aromatic carbocycles. The molecule has 0 saturated heterocycles. The molecule has 0 saturated carbocycles. The zero-order valence-electron chi connectivity index (χ0n) is 12.3. The maximum Gasteiger partial charge on any atom is 0.405 e. The Hall–Kier alpha value is -1.68. The smallest absolute Gasteiger partial charge is 0.346 e. The molecule has 1 atom stereocenters. The summed E-state index contributed by atoms with van der Waals surface area (Å²) in [4.78, 5) is 11.1. The molecule has 0 aliphatic heterocycles. The van der Waals surface area contributed by atoms with Gasteiger partial charge in [-0.25, -0.2) is 12.8 Å². The van der Waals surface area contributed by atoms with Crippen molar-refractivity contribution in [2.45, 2.75) is 31.0 Å². The zero-order valence-corrected chi connectivity index (χ0v) is 13.1. The molecule has 23 heavy (non-hydrogen) atoms. The second-order valence-electron chi connectivity index (χ2n) is 5.11. The average molecular weight is 356 g/mol. The van der Waals surface area contributed by atoms with Gasteiger partial charge in [0.05, 0.1) is 0 Å². The Morgan fingerprint density at radius 1 is 1.22 bits per heavy atom. The Labute approximate surface area is 131 Å². The maximum atomic E-state index is 13.6. The second-order valence-corrected chi connectivity index (χ2v) is 6.79. The zero-order chi connectivity index (χ0) is 17.8. The number of amides is 1. The minimum Gasteiger partial charge on any atom is -0.346 e. The number of carbonyl (C=O) groups is 1. The molecule has 2 N–H and O–H groups in total. The first kappa shape index (κ1) is 19.4. The van der Waals surface area contributed by atoms with Gasteiger partial charge in [-0.3, -0.25) is 4.79 Å². The maximum absolute atomic E-state index is 13.6. The van der Waals surface area contributed by atoms with Crippen molar-refractivity contribution in [2.75, 3.05) is 6.54 Å². The van der Waals surface area contributed by atoms with Gasteiger partial charge in [0.1, 0.15) is 23.3 Å². The molecule has 1 aromatic rings. The molecule has 0 aromatic heterocycles. The fraction of sp³-hybridized carbons (Fsp3) is 0.462. The molecule has 0 unspecified atom stereocenters. The Balaban J connectivity index is 2.96. The first-order chi connectivity index (χ1) is 10.4. The molecule has 1 amide bonds. The number of alkyl halides is 3. The van der Waals surface area contributed by atoms with Crippen LogP contribution in [0.25, 0.3) is 0 Å². The van der Waals surface area contributed by atoms with Crippen LogP contribution in [-0.4, -0.2) is 33.1 Å². The molecule has 0 spiro atoms. The molecule has 0 heterocycles. The number of nitrogens with one attached hydrogen (secondary N) is 2. The Morgan fingerprint density at radius 2 is 1.78 bits per heavy atom. The van der Waals surface area contributed by atoms with Crippen LogP contribution in [0.5, 0.6) is 0 Å². The van der Waals surface area contributed by atoms with Crippen molar-refractivity contribution in [3.05, 3.63) is 30.1 Å². The number of hydrogen-bond donors (Lipinski definition) is 2. The van der Waals surface area contributed by atoms with Crippen molar-refractivity contribution >= 4 is 15.9 Å². The standard InChI is InChI=1S/C13H16F4N2O3S/c1-8(2)11(12(20)18-7-13(15,16)17)19-23(21,22)10-6-4-3-5-9(10)14/h3-6,8,11,19H,7H2,1-2H3,(H,18,20)/t11-/m0/s1. The van der Waals surface area contributed by atoms with Crippen LogP contribution in [-0.2, 0) is 14.8 Å². The van der Waals surface area contributed by atoms with Crippen molar-refractivity contribution in [1.82, 2.24) is 10.0 Å². The largest absolute Gasteiger partial charge is 0.405 e. The van der Waals surface area contributed by atoms with E-state index in [9.17, 15) is 30.8 Å². The topological polar surface area (TPSA) is 75.3 Å². The Bertz CT molecular complexity index is 659. The lowest BCUT2D eigenvalue weighted by atomic mass is 10.1. The summed E-state index contributed by atoms with van der Waals surface area (Å²) in [6.45, 7) is 1.31. The van der Waals surface area contributed by atoms with Crippen molar-refractivity contribution in [3.63, 3.8) is 0 Å². The average Bonchev–Trinajstić information content (AvgIpc) is 2.41. The van der Waals surface area contributed by atoms with Crippen LogP contribution in [0.3, 0.4) is 0 Å². The minimum atomic E-state index is -4.62. The van der Waals surface area contributed by atoms with E-state index in [-0.39, 0.29) is 0 Å². The van der Waals surface area contributed by atoms with E-state index in [0.29, 0.717) is 0 Å². The van der Waals surface area contributed by atoms with E-state index in [2.05, 4.69) is 0 Å². The van der Waals surface area contributed by atoms with Crippen LogP contribution in [0, 0.1) is 11.7 Å². The third kappa shape index (κ3) is 5.79. The Morgan fingerprint density at radius 3 is 2.26 bits per heavy atom. The van der Waals surface area contributed by atoms with Crippen LogP contribution in [0.1, 0.15) is 13.8 Å².